The highest BCUT2D eigenvalue weighted by atomic mass is 79.9. The molecule has 3 atom stereocenters. The van der Waals surface area contributed by atoms with Crippen molar-refractivity contribution < 1.29 is 13.3 Å². The summed E-state index contributed by atoms with van der Waals surface area (Å²) in [4.78, 5) is 6.13. The van der Waals surface area contributed by atoms with Crippen LogP contribution in [0.25, 0.3) is 0 Å². The fourth-order valence-electron chi connectivity index (χ4n) is 4.68. The van der Waals surface area contributed by atoms with Crippen LogP contribution in [-0.4, -0.2) is 20.2 Å². The number of benzene rings is 3. The summed E-state index contributed by atoms with van der Waals surface area (Å²) in [6.07, 6.45) is 0.544. The molecular weight excluding hydrogens is 462 g/mol. The number of hydrogen-bond acceptors (Lipinski definition) is 4. The summed E-state index contributed by atoms with van der Waals surface area (Å²) >= 11 is 3.46. The second-order valence-corrected chi connectivity index (χ2v) is 11.0. The highest BCUT2D eigenvalue weighted by molar-refractivity contribution is 9.10. The zero-order valence-electron chi connectivity index (χ0n) is 16.1. The van der Waals surface area contributed by atoms with Crippen LogP contribution in [0.15, 0.2) is 99.5 Å². The Kier molecular flexibility index (Phi) is 4.79. The van der Waals surface area contributed by atoms with Crippen molar-refractivity contribution in [2.45, 2.75) is 28.6 Å². The third-order valence-corrected chi connectivity index (χ3v) is 9.19. The molecule has 0 spiro atoms. The first-order valence-electron chi connectivity index (χ1n) is 9.86. The number of fused-ring (bicyclic) bond motifs is 1. The van der Waals surface area contributed by atoms with E-state index in [0.29, 0.717) is 17.7 Å². The van der Waals surface area contributed by atoms with E-state index in [-0.39, 0.29) is 12.0 Å². The third-order valence-electron chi connectivity index (χ3n) is 6.17. The second kappa shape index (κ2) is 7.36. The molecule has 0 radical (unpaired) electrons. The fraction of sp³-hybridized carbons (Fsp3) is 0.208. The summed E-state index contributed by atoms with van der Waals surface area (Å²) in [7, 11) is -3.66. The first-order chi connectivity index (χ1) is 14.5. The quantitative estimate of drug-likeness (QED) is 0.505. The van der Waals surface area contributed by atoms with E-state index in [0.717, 1.165) is 21.3 Å². The van der Waals surface area contributed by atoms with Gasteiger partial charge in [-0.2, -0.15) is 0 Å². The molecule has 2 unspecified atom stereocenters. The zero-order valence-corrected chi connectivity index (χ0v) is 18.5. The molecule has 3 aromatic rings. The van der Waals surface area contributed by atoms with Crippen LogP contribution in [0.4, 0.5) is 0 Å². The molecule has 4 nitrogen and oxygen atoms in total. The molecule has 1 fully saturated rings. The molecule has 152 valence electrons. The molecule has 0 amide bonds. The lowest BCUT2D eigenvalue weighted by Gasteiger charge is -2.30. The maximum Gasteiger partial charge on any atom is 0.188 e. The molecule has 0 saturated heterocycles. The van der Waals surface area contributed by atoms with Gasteiger partial charge < -0.3 is 4.84 Å². The van der Waals surface area contributed by atoms with Crippen molar-refractivity contribution in [3.05, 3.63) is 101 Å². The number of halogens is 1. The standard InChI is InChI=1S/C24H20BrNO3S/c25-19-13-11-18(12-14-19)24(30(27,28)20-9-5-2-6-10-20)15-21-22(16-24)29-26-23(21)17-7-3-1-4-8-17/h1-14,21-22H,15-16H2/t21?,22?,24-/m1/s1. The van der Waals surface area contributed by atoms with Crippen LogP contribution >= 0.6 is 15.9 Å². The second-order valence-electron chi connectivity index (χ2n) is 7.82. The summed E-state index contributed by atoms with van der Waals surface area (Å²) in [5.74, 6) is -0.0745. The third kappa shape index (κ3) is 3.01. The van der Waals surface area contributed by atoms with Crippen molar-refractivity contribution in [3.63, 3.8) is 0 Å². The van der Waals surface area contributed by atoms with Crippen molar-refractivity contribution in [1.82, 2.24) is 0 Å². The summed E-state index contributed by atoms with van der Waals surface area (Å²) < 4.78 is 27.9. The van der Waals surface area contributed by atoms with E-state index in [1.165, 1.54) is 0 Å². The SMILES string of the molecule is O=S(=O)(c1ccccc1)[C@@]1(c2ccc(Br)cc2)CC2ON=C(c3ccccc3)C2C1. The largest absolute Gasteiger partial charge is 0.391 e. The van der Waals surface area contributed by atoms with Gasteiger partial charge in [0.1, 0.15) is 10.9 Å². The van der Waals surface area contributed by atoms with Crippen molar-refractivity contribution in [2.24, 2.45) is 11.1 Å². The van der Waals surface area contributed by atoms with Crippen molar-refractivity contribution in [3.8, 4) is 0 Å². The van der Waals surface area contributed by atoms with Gasteiger partial charge in [-0.1, -0.05) is 81.7 Å². The van der Waals surface area contributed by atoms with Crippen LogP contribution in [0.5, 0.6) is 0 Å². The van der Waals surface area contributed by atoms with Crippen molar-refractivity contribution >= 4 is 31.5 Å². The van der Waals surface area contributed by atoms with E-state index in [9.17, 15) is 8.42 Å². The topological polar surface area (TPSA) is 55.7 Å². The first kappa shape index (κ1) is 19.5. The Hall–Kier alpha value is -2.44. The van der Waals surface area contributed by atoms with E-state index >= 15 is 0 Å². The molecule has 5 rings (SSSR count). The van der Waals surface area contributed by atoms with Crippen LogP contribution in [0.1, 0.15) is 24.0 Å². The van der Waals surface area contributed by atoms with Gasteiger partial charge in [-0.3, -0.25) is 0 Å². The molecule has 0 N–H and O–H groups in total. The van der Waals surface area contributed by atoms with Crippen LogP contribution in [0, 0.1) is 5.92 Å². The monoisotopic (exact) mass is 481 g/mol. The smallest absolute Gasteiger partial charge is 0.188 e. The van der Waals surface area contributed by atoms with E-state index < -0.39 is 14.6 Å². The summed E-state index contributed by atoms with van der Waals surface area (Å²) in [6.45, 7) is 0. The highest BCUT2D eigenvalue weighted by Gasteiger charge is 2.59. The lowest BCUT2D eigenvalue weighted by molar-refractivity contribution is 0.0723. The minimum Gasteiger partial charge on any atom is -0.391 e. The maximum atomic E-state index is 14.0. The average molecular weight is 482 g/mol. The molecule has 1 aliphatic heterocycles. The lowest BCUT2D eigenvalue weighted by Crippen LogP contribution is -2.34. The minimum atomic E-state index is -3.66. The molecular formula is C24H20BrNO3S. The van der Waals surface area contributed by atoms with Gasteiger partial charge in [0.15, 0.2) is 9.84 Å². The van der Waals surface area contributed by atoms with Crippen LogP contribution in [0.2, 0.25) is 0 Å². The van der Waals surface area contributed by atoms with Crippen LogP contribution in [-0.2, 0) is 19.4 Å². The Bertz CT molecular complexity index is 1190. The number of oxime groups is 1. The van der Waals surface area contributed by atoms with Gasteiger partial charge in [-0.15, -0.1) is 0 Å². The molecule has 3 aromatic carbocycles. The molecule has 1 saturated carbocycles. The summed E-state index contributed by atoms with van der Waals surface area (Å²) in [5, 5.41) is 4.33. The van der Waals surface area contributed by atoms with Crippen molar-refractivity contribution in [2.75, 3.05) is 0 Å². The molecule has 0 aromatic heterocycles. The first-order valence-corrected chi connectivity index (χ1v) is 12.1. The molecule has 6 heteroatoms. The van der Waals surface area contributed by atoms with Crippen LogP contribution < -0.4 is 0 Å². The molecule has 0 bridgehead atoms. The Balaban J connectivity index is 1.63. The van der Waals surface area contributed by atoms with Gasteiger partial charge in [0, 0.05) is 16.8 Å². The van der Waals surface area contributed by atoms with Gasteiger partial charge in [0.2, 0.25) is 0 Å². The number of hydrogen-bond donors (Lipinski definition) is 0. The molecule has 1 heterocycles. The maximum absolute atomic E-state index is 14.0. The predicted molar refractivity (Wildman–Crippen MR) is 120 cm³/mol. The number of rotatable bonds is 4. The minimum absolute atomic E-state index is 0.0745. The van der Waals surface area contributed by atoms with Crippen molar-refractivity contribution in [1.29, 1.82) is 0 Å². The van der Waals surface area contributed by atoms with E-state index in [2.05, 4.69) is 21.1 Å². The molecule has 30 heavy (non-hydrogen) atoms. The highest BCUT2D eigenvalue weighted by Crippen LogP contribution is 2.54. The van der Waals surface area contributed by atoms with Gasteiger partial charge in [-0.05, 0) is 41.8 Å². The van der Waals surface area contributed by atoms with Gasteiger partial charge in [0.25, 0.3) is 0 Å². The normalized spacial score (nSPS) is 25.4. The van der Waals surface area contributed by atoms with Gasteiger partial charge in [-0.25, -0.2) is 8.42 Å². The Morgan fingerprint density at radius 2 is 1.50 bits per heavy atom. The summed E-state index contributed by atoms with van der Waals surface area (Å²) in [6, 6.07) is 26.2. The Labute approximate surface area is 184 Å². The zero-order chi connectivity index (χ0) is 20.8. The van der Waals surface area contributed by atoms with Crippen LogP contribution in [0.3, 0.4) is 0 Å². The lowest BCUT2D eigenvalue weighted by atomic mass is 9.91. The fourth-order valence-corrected chi connectivity index (χ4v) is 7.14. The molecule has 1 aliphatic carbocycles. The van der Waals surface area contributed by atoms with E-state index in [1.54, 1.807) is 24.3 Å². The number of nitrogens with zero attached hydrogens (tertiary/aromatic N) is 1. The molecule has 2 aliphatic rings. The van der Waals surface area contributed by atoms with E-state index in [4.69, 9.17) is 4.84 Å². The number of sulfone groups is 1. The summed E-state index contributed by atoms with van der Waals surface area (Å²) in [5.41, 5.74) is 2.61. The predicted octanol–water partition coefficient (Wildman–Crippen LogP) is 5.33. The average Bonchev–Trinajstić information content (AvgIpc) is 3.34. The van der Waals surface area contributed by atoms with Gasteiger partial charge in [0.05, 0.1) is 10.6 Å². The van der Waals surface area contributed by atoms with E-state index in [1.807, 2.05) is 60.7 Å². The van der Waals surface area contributed by atoms with Gasteiger partial charge >= 0.3 is 0 Å². The Morgan fingerprint density at radius 3 is 2.17 bits per heavy atom. The Morgan fingerprint density at radius 1 is 0.867 bits per heavy atom.